The van der Waals surface area contributed by atoms with Gasteiger partial charge in [-0.15, -0.1) is 0 Å². The van der Waals surface area contributed by atoms with Crippen LogP contribution in [0, 0.1) is 0 Å². The van der Waals surface area contributed by atoms with E-state index >= 15 is 0 Å². The van der Waals surface area contributed by atoms with Crippen LogP contribution in [-0.4, -0.2) is 39.5 Å². The van der Waals surface area contributed by atoms with Gasteiger partial charge in [-0.2, -0.15) is 0 Å². The van der Waals surface area contributed by atoms with Crippen molar-refractivity contribution in [3.63, 3.8) is 0 Å². The Balaban J connectivity index is 1.56. The fourth-order valence-electron chi connectivity index (χ4n) is 3.44. The van der Waals surface area contributed by atoms with Gasteiger partial charge in [0.25, 0.3) is 0 Å². The first-order valence-corrected chi connectivity index (χ1v) is 10.1. The first kappa shape index (κ1) is 20.6. The third-order valence-electron chi connectivity index (χ3n) is 4.76. The summed E-state index contributed by atoms with van der Waals surface area (Å²) < 4.78 is 5.74. The van der Waals surface area contributed by atoms with Crippen LogP contribution in [0.2, 0.25) is 5.02 Å². The molecule has 4 rings (SSSR count). The molecule has 2 aromatic heterocycles. The Hall–Kier alpha value is -3.65. The van der Waals surface area contributed by atoms with Crippen LogP contribution in [-0.2, 0) is 11.2 Å². The zero-order valence-corrected chi connectivity index (χ0v) is 17.8. The zero-order valence-electron chi connectivity index (χ0n) is 17.1. The van der Waals surface area contributed by atoms with Gasteiger partial charge >= 0.3 is 0 Å². The van der Waals surface area contributed by atoms with Crippen LogP contribution in [0.4, 0.5) is 11.5 Å². The van der Waals surface area contributed by atoms with Crippen LogP contribution < -0.4 is 15.4 Å². The van der Waals surface area contributed by atoms with Crippen molar-refractivity contribution in [1.82, 2.24) is 19.9 Å². The van der Waals surface area contributed by atoms with Gasteiger partial charge in [0.1, 0.15) is 17.6 Å². The highest BCUT2D eigenvalue weighted by Gasteiger charge is 2.14. The van der Waals surface area contributed by atoms with Crippen LogP contribution in [0.1, 0.15) is 12.5 Å². The largest absolute Gasteiger partial charge is 0.496 e. The van der Waals surface area contributed by atoms with E-state index in [0.717, 1.165) is 33.6 Å². The molecular formula is C22H21ClN6O2. The number of hydrogen-bond acceptors (Lipinski definition) is 6. The van der Waals surface area contributed by atoms with E-state index in [1.807, 2.05) is 36.4 Å². The van der Waals surface area contributed by atoms with E-state index in [9.17, 15) is 4.79 Å². The highest BCUT2D eigenvalue weighted by atomic mass is 35.5. The van der Waals surface area contributed by atoms with Gasteiger partial charge in [-0.3, -0.25) is 4.79 Å². The van der Waals surface area contributed by atoms with E-state index in [1.165, 1.54) is 13.3 Å². The molecule has 0 saturated carbocycles. The molecule has 0 aliphatic rings. The minimum atomic E-state index is -0.112. The van der Waals surface area contributed by atoms with Crippen LogP contribution in [0.3, 0.4) is 0 Å². The number of carbonyl (C=O) groups is 1. The van der Waals surface area contributed by atoms with E-state index in [1.54, 1.807) is 13.4 Å². The molecule has 158 valence electrons. The van der Waals surface area contributed by atoms with E-state index in [-0.39, 0.29) is 5.91 Å². The van der Waals surface area contributed by atoms with Crippen molar-refractivity contribution in [1.29, 1.82) is 0 Å². The van der Waals surface area contributed by atoms with Crippen LogP contribution in [0.5, 0.6) is 5.75 Å². The number of carbonyl (C=O) groups excluding carboxylic acids is 1. The number of amides is 1. The quantitative estimate of drug-likeness (QED) is 0.399. The maximum Gasteiger partial charge on any atom is 0.221 e. The van der Waals surface area contributed by atoms with Crippen LogP contribution in [0.15, 0.2) is 49.1 Å². The molecule has 0 radical (unpaired) electrons. The molecule has 0 aliphatic carbocycles. The second-order valence-corrected chi connectivity index (χ2v) is 7.34. The van der Waals surface area contributed by atoms with E-state index < -0.39 is 0 Å². The summed E-state index contributed by atoms with van der Waals surface area (Å²) in [6.45, 7) is 2.09. The summed E-state index contributed by atoms with van der Waals surface area (Å²) >= 11 is 6.42. The van der Waals surface area contributed by atoms with Crippen molar-refractivity contribution < 1.29 is 9.53 Å². The molecule has 9 heteroatoms. The van der Waals surface area contributed by atoms with Gasteiger partial charge < -0.3 is 20.4 Å². The second kappa shape index (κ2) is 9.01. The number of anilines is 2. The van der Waals surface area contributed by atoms with E-state index in [4.69, 9.17) is 16.3 Å². The number of hydrogen-bond donors (Lipinski definition) is 3. The average Bonchev–Trinajstić information content (AvgIpc) is 3.23. The lowest BCUT2D eigenvalue weighted by Gasteiger charge is -2.16. The van der Waals surface area contributed by atoms with Crippen LogP contribution >= 0.6 is 11.6 Å². The summed E-state index contributed by atoms with van der Waals surface area (Å²) in [7, 11) is 1.65. The maximum absolute atomic E-state index is 11.2. The van der Waals surface area contributed by atoms with E-state index in [0.29, 0.717) is 29.5 Å². The Bertz CT molecular complexity index is 1220. The molecule has 0 spiro atoms. The van der Waals surface area contributed by atoms with E-state index in [2.05, 4.69) is 30.6 Å². The predicted octanol–water partition coefficient (Wildman–Crippen LogP) is 4.29. The number of aromatic nitrogens is 4. The Kier molecular flexibility index (Phi) is 5.99. The third kappa shape index (κ3) is 4.59. The maximum atomic E-state index is 11.2. The molecule has 1 amide bonds. The number of imidazole rings is 1. The summed E-state index contributed by atoms with van der Waals surface area (Å²) in [5.41, 5.74) is 4.91. The number of rotatable bonds is 7. The molecule has 3 N–H and O–H groups in total. The summed E-state index contributed by atoms with van der Waals surface area (Å²) in [6, 6.07) is 11.3. The number of fused-ring (bicyclic) bond motifs is 1. The minimum Gasteiger partial charge on any atom is -0.496 e. The Morgan fingerprint density at radius 3 is 2.71 bits per heavy atom. The molecule has 0 aliphatic heterocycles. The lowest BCUT2D eigenvalue weighted by atomic mass is 9.99. The van der Waals surface area contributed by atoms with Gasteiger partial charge in [0, 0.05) is 29.7 Å². The summed E-state index contributed by atoms with van der Waals surface area (Å²) in [4.78, 5) is 26.8. The molecule has 2 heterocycles. The first-order valence-electron chi connectivity index (χ1n) is 9.67. The van der Waals surface area contributed by atoms with Crippen molar-refractivity contribution in [3.8, 4) is 16.9 Å². The fourth-order valence-corrected chi connectivity index (χ4v) is 3.68. The predicted molar refractivity (Wildman–Crippen MR) is 122 cm³/mol. The van der Waals surface area contributed by atoms with Crippen molar-refractivity contribution in [2.75, 3.05) is 24.3 Å². The molecule has 0 atom stereocenters. The Morgan fingerprint density at radius 1 is 1.16 bits per heavy atom. The molecule has 0 bridgehead atoms. The number of aromatic amines is 1. The summed E-state index contributed by atoms with van der Waals surface area (Å²) in [5, 5.41) is 6.70. The van der Waals surface area contributed by atoms with Gasteiger partial charge in [0.2, 0.25) is 5.91 Å². The number of H-pyrrole nitrogens is 1. The van der Waals surface area contributed by atoms with Gasteiger partial charge in [-0.05, 0) is 41.8 Å². The molecule has 0 saturated heterocycles. The summed E-state index contributed by atoms with van der Waals surface area (Å²) in [6.07, 6.45) is 3.74. The van der Waals surface area contributed by atoms with Crippen LogP contribution in [0.25, 0.3) is 22.3 Å². The van der Waals surface area contributed by atoms with Gasteiger partial charge in [0.15, 0.2) is 11.5 Å². The van der Waals surface area contributed by atoms with Crippen molar-refractivity contribution in [2.24, 2.45) is 0 Å². The highest BCUT2D eigenvalue weighted by molar-refractivity contribution is 6.31. The molecule has 4 aromatic rings. The third-order valence-corrected chi connectivity index (χ3v) is 4.98. The van der Waals surface area contributed by atoms with Gasteiger partial charge in [-0.1, -0.05) is 23.7 Å². The molecule has 0 unspecified atom stereocenters. The fraction of sp³-hybridized carbons (Fsp3) is 0.182. The number of methoxy groups -OCH3 is 1. The normalized spacial score (nSPS) is 10.8. The smallest absolute Gasteiger partial charge is 0.221 e. The van der Waals surface area contributed by atoms with Crippen molar-refractivity contribution >= 4 is 40.2 Å². The molecule has 2 aromatic carbocycles. The summed E-state index contributed by atoms with van der Waals surface area (Å²) in [5.74, 6) is 1.34. The zero-order chi connectivity index (χ0) is 21.8. The number of nitrogens with one attached hydrogen (secondary N) is 3. The lowest BCUT2D eigenvalue weighted by Crippen LogP contribution is -2.08. The standard InChI is InChI=1S/C22H21ClN6O2/c1-13(30)29-17-5-3-14(4-6-17)18-10-16(23)9-15(20(18)31-2)7-8-24-21-19-22(26-11-25-19)28-12-27-21/h3-6,9-12H,7-8H2,1-2H3,(H,29,30)(H2,24,25,26,27,28). The number of halogens is 1. The minimum absolute atomic E-state index is 0.112. The first-order chi connectivity index (χ1) is 15.0. The number of nitrogens with zero attached hydrogens (tertiary/aromatic N) is 3. The Labute approximate surface area is 184 Å². The van der Waals surface area contributed by atoms with Gasteiger partial charge in [0.05, 0.1) is 13.4 Å². The average molecular weight is 437 g/mol. The lowest BCUT2D eigenvalue weighted by molar-refractivity contribution is -0.114. The second-order valence-electron chi connectivity index (χ2n) is 6.90. The van der Waals surface area contributed by atoms with Crippen molar-refractivity contribution in [2.45, 2.75) is 13.3 Å². The monoisotopic (exact) mass is 436 g/mol. The Morgan fingerprint density at radius 2 is 1.97 bits per heavy atom. The highest BCUT2D eigenvalue weighted by Crippen LogP contribution is 2.37. The molecule has 0 fully saturated rings. The molecule has 8 nitrogen and oxygen atoms in total. The van der Waals surface area contributed by atoms with Crippen molar-refractivity contribution in [3.05, 3.63) is 59.6 Å². The van der Waals surface area contributed by atoms with Gasteiger partial charge in [-0.25, -0.2) is 15.0 Å². The number of benzene rings is 2. The molecular weight excluding hydrogens is 416 g/mol. The topological polar surface area (TPSA) is 105 Å². The number of ether oxygens (including phenoxy) is 1. The molecule has 31 heavy (non-hydrogen) atoms. The SMILES string of the molecule is COc1c(CCNc2ncnc3nc[nH]c23)cc(Cl)cc1-c1ccc(NC(C)=O)cc1.